The maximum atomic E-state index is 5.89. The van der Waals surface area contributed by atoms with Crippen LogP contribution in [0.25, 0.3) is 0 Å². The van der Waals surface area contributed by atoms with E-state index >= 15 is 0 Å². The van der Waals surface area contributed by atoms with Crippen molar-refractivity contribution in [2.24, 2.45) is 0 Å². The second-order valence-corrected chi connectivity index (χ2v) is 5.11. The van der Waals surface area contributed by atoms with Gasteiger partial charge in [-0.15, -0.1) is 0 Å². The molecule has 0 aliphatic heterocycles. The lowest BCUT2D eigenvalue weighted by molar-refractivity contribution is -0.868. The standard InChI is InChI=1S/C11H19ClN3.ClH/c1-15(2,3)7-6-14-11-8-9(12)4-5-10(11)13;/h4-5,8,14H,6-7,13H2,1-3H3;1H/q+1;/p-1. The molecule has 1 rings (SSSR count). The molecule has 0 amide bonds. The Morgan fingerprint density at radius 1 is 1.31 bits per heavy atom. The van der Waals surface area contributed by atoms with Crippen molar-refractivity contribution in [1.82, 2.24) is 0 Å². The summed E-state index contributed by atoms with van der Waals surface area (Å²) in [5.41, 5.74) is 7.46. The van der Waals surface area contributed by atoms with Crippen molar-refractivity contribution in [2.75, 3.05) is 45.3 Å². The number of rotatable bonds is 4. The molecule has 0 saturated heterocycles. The van der Waals surface area contributed by atoms with Gasteiger partial charge in [0.15, 0.2) is 0 Å². The van der Waals surface area contributed by atoms with Crippen LogP contribution in [0.4, 0.5) is 11.4 Å². The molecule has 0 aliphatic rings. The molecule has 1 aromatic rings. The Morgan fingerprint density at radius 3 is 2.50 bits per heavy atom. The summed E-state index contributed by atoms with van der Waals surface area (Å²) in [5.74, 6) is 0. The first-order chi connectivity index (χ1) is 6.88. The number of hydrogen-bond donors (Lipinski definition) is 2. The molecule has 0 radical (unpaired) electrons. The van der Waals surface area contributed by atoms with Crippen molar-refractivity contribution in [3.05, 3.63) is 23.2 Å². The zero-order valence-electron chi connectivity index (χ0n) is 9.93. The molecule has 0 aliphatic carbocycles. The van der Waals surface area contributed by atoms with Crippen LogP contribution in [0.5, 0.6) is 0 Å². The molecule has 0 aromatic heterocycles. The van der Waals surface area contributed by atoms with Crippen molar-refractivity contribution in [3.8, 4) is 0 Å². The van der Waals surface area contributed by atoms with Crippen LogP contribution < -0.4 is 23.5 Å². The quantitative estimate of drug-likeness (QED) is 0.543. The Morgan fingerprint density at radius 2 is 1.94 bits per heavy atom. The van der Waals surface area contributed by atoms with Crippen LogP contribution in [0.3, 0.4) is 0 Å². The third-order valence-corrected chi connectivity index (χ3v) is 2.35. The summed E-state index contributed by atoms with van der Waals surface area (Å²) in [6.07, 6.45) is 0. The van der Waals surface area contributed by atoms with Gasteiger partial charge in [-0.25, -0.2) is 0 Å². The molecule has 3 nitrogen and oxygen atoms in total. The van der Waals surface area contributed by atoms with Gasteiger partial charge in [-0.2, -0.15) is 0 Å². The summed E-state index contributed by atoms with van der Waals surface area (Å²) in [5, 5.41) is 3.99. The van der Waals surface area contributed by atoms with Crippen LogP contribution in [-0.4, -0.2) is 38.7 Å². The summed E-state index contributed by atoms with van der Waals surface area (Å²) >= 11 is 5.89. The summed E-state index contributed by atoms with van der Waals surface area (Å²) in [6, 6.07) is 5.46. The third-order valence-electron chi connectivity index (χ3n) is 2.11. The van der Waals surface area contributed by atoms with Crippen LogP contribution in [0, 0.1) is 0 Å². The lowest BCUT2D eigenvalue weighted by atomic mass is 10.2. The Bertz CT molecular complexity index is 334. The number of benzene rings is 1. The zero-order valence-corrected chi connectivity index (χ0v) is 11.4. The van der Waals surface area contributed by atoms with E-state index in [9.17, 15) is 0 Å². The molecular weight excluding hydrogens is 245 g/mol. The molecule has 3 N–H and O–H groups in total. The van der Waals surface area contributed by atoms with Crippen molar-refractivity contribution in [1.29, 1.82) is 0 Å². The average Bonchev–Trinajstić information content (AvgIpc) is 2.09. The normalized spacial score (nSPS) is 10.8. The maximum absolute atomic E-state index is 5.89. The number of halogens is 2. The Kier molecular flexibility index (Phi) is 5.94. The third kappa shape index (κ3) is 5.45. The molecule has 16 heavy (non-hydrogen) atoms. The number of nitrogen functional groups attached to an aromatic ring is 1. The van der Waals surface area contributed by atoms with Crippen LogP contribution in [-0.2, 0) is 0 Å². The Labute approximate surface area is 109 Å². The van der Waals surface area contributed by atoms with Crippen molar-refractivity contribution < 1.29 is 16.9 Å². The van der Waals surface area contributed by atoms with Gasteiger partial charge < -0.3 is 27.9 Å². The zero-order chi connectivity index (χ0) is 11.5. The number of nitrogens with zero attached hydrogens (tertiary/aromatic N) is 1. The highest BCUT2D eigenvalue weighted by Gasteiger charge is 2.06. The average molecular weight is 264 g/mol. The monoisotopic (exact) mass is 263 g/mol. The Hall–Kier alpha value is -0.640. The second kappa shape index (κ2) is 6.18. The fourth-order valence-electron chi connectivity index (χ4n) is 1.21. The molecule has 92 valence electrons. The van der Waals surface area contributed by atoms with Crippen molar-refractivity contribution in [2.45, 2.75) is 0 Å². The molecule has 0 fully saturated rings. The first kappa shape index (κ1) is 15.4. The molecule has 1 aromatic carbocycles. The summed E-state index contributed by atoms with van der Waals surface area (Å²) in [4.78, 5) is 0. The SMILES string of the molecule is C[N+](C)(C)CCNc1cc(Cl)ccc1N.[Cl-]. The van der Waals surface area contributed by atoms with E-state index < -0.39 is 0 Å². The number of likely N-dealkylation sites (N-methyl/N-ethyl adjacent to an activating group) is 1. The minimum atomic E-state index is 0. The fraction of sp³-hybridized carbons (Fsp3) is 0.455. The van der Waals surface area contributed by atoms with Crippen LogP contribution >= 0.6 is 11.6 Å². The van der Waals surface area contributed by atoms with E-state index in [2.05, 4.69) is 26.5 Å². The summed E-state index contributed by atoms with van der Waals surface area (Å²) in [7, 11) is 6.47. The van der Waals surface area contributed by atoms with E-state index in [-0.39, 0.29) is 12.4 Å². The van der Waals surface area contributed by atoms with Crippen LogP contribution in [0.15, 0.2) is 18.2 Å². The molecule has 0 saturated carbocycles. The van der Waals surface area contributed by atoms with Gasteiger partial charge in [0.05, 0.1) is 45.6 Å². The molecule has 0 heterocycles. The van der Waals surface area contributed by atoms with E-state index in [1.807, 2.05) is 12.1 Å². The Balaban J connectivity index is 0.00000225. The predicted octanol–water partition coefficient (Wildman–Crippen LogP) is -0.956. The molecule has 0 unspecified atom stereocenters. The van der Waals surface area contributed by atoms with E-state index in [1.165, 1.54) is 0 Å². The van der Waals surface area contributed by atoms with Gasteiger partial charge in [0, 0.05) is 5.02 Å². The predicted molar refractivity (Wildman–Crippen MR) is 67.3 cm³/mol. The highest BCUT2D eigenvalue weighted by molar-refractivity contribution is 6.31. The molecule has 5 heteroatoms. The van der Waals surface area contributed by atoms with Crippen molar-refractivity contribution in [3.63, 3.8) is 0 Å². The largest absolute Gasteiger partial charge is 1.00 e. The van der Waals surface area contributed by atoms with Gasteiger partial charge in [0.25, 0.3) is 0 Å². The maximum Gasteiger partial charge on any atom is 0.0955 e. The van der Waals surface area contributed by atoms with Gasteiger partial charge in [-0.1, -0.05) is 11.6 Å². The number of hydrogen-bond acceptors (Lipinski definition) is 2. The lowest BCUT2D eigenvalue weighted by Gasteiger charge is -2.24. The van der Waals surface area contributed by atoms with Gasteiger partial charge in [-0.05, 0) is 18.2 Å². The van der Waals surface area contributed by atoms with E-state index in [0.717, 1.165) is 28.9 Å². The second-order valence-electron chi connectivity index (χ2n) is 4.67. The van der Waals surface area contributed by atoms with Crippen molar-refractivity contribution >= 4 is 23.0 Å². The fourth-order valence-corrected chi connectivity index (χ4v) is 1.38. The van der Waals surface area contributed by atoms with E-state index in [1.54, 1.807) is 6.07 Å². The highest BCUT2D eigenvalue weighted by Crippen LogP contribution is 2.22. The topological polar surface area (TPSA) is 38.0 Å². The van der Waals surface area contributed by atoms with Gasteiger partial charge in [0.2, 0.25) is 0 Å². The number of nitrogens with one attached hydrogen (secondary N) is 1. The molecule has 0 atom stereocenters. The summed E-state index contributed by atoms with van der Waals surface area (Å²) < 4.78 is 0.924. The number of anilines is 2. The molecular formula is C11H19Cl2N3. The van der Waals surface area contributed by atoms with E-state index in [0.29, 0.717) is 5.02 Å². The van der Waals surface area contributed by atoms with Gasteiger partial charge in [-0.3, -0.25) is 0 Å². The highest BCUT2D eigenvalue weighted by atomic mass is 35.5. The molecule has 0 bridgehead atoms. The van der Waals surface area contributed by atoms with Crippen LogP contribution in [0.2, 0.25) is 5.02 Å². The lowest BCUT2D eigenvalue weighted by Crippen LogP contribution is -3.00. The minimum absolute atomic E-state index is 0. The van der Waals surface area contributed by atoms with Crippen LogP contribution in [0.1, 0.15) is 0 Å². The summed E-state index contributed by atoms with van der Waals surface area (Å²) in [6.45, 7) is 1.92. The van der Waals surface area contributed by atoms with Gasteiger partial charge >= 0.3 is 0 Å². The number of nitrogens with two attached hydrogens (primary N) is 1. The smallest absolute Gasteiger partial charge is 0.0955 e. The number of quaternary nitrogens is 1. The first-order valence-electron chi connectivity index (χ1n) is 4.98. The minimum Gasteiger partial charge on any atom is -1.00 e. The first-order valence-corrected chi connectivity index (χ1v) is 5.36. The van der Waals surface area contributed by atoms with Gasteiger partial charge in [0.1, 0.15) is 0 Å². The molecule has 0 spiro atoms. The van der Waals surface area contributed by atoms with E-state index in [4.69, 9.17) is 17.3 Å².